The van der Waals surface area contributed by atoms with Crippen molar-refractivity contribution in [2.75, 3.05) is 13.1 Å². The molecule has 0 radical (unpaired) electrons. The first-order valence-corrected chi connectivity index (χ1v) is 10.4. The third kappa shape index (κ3) is 2.93. The monoisotopic (exact) mass is 398 g/mol. The third-order valence-electron chi connectivity index (χ3n) is 6.37. The summed E-state index contributed by atoms with van der Waals surface area (Å²) in [5.41, 5.74) is 5.00. The first-order chi connectivity index (χ1) is 14.7. The summed E-state index contributed by atoms with van der Waals surface area (Å²) in [4.78, 5) is 31.7. The maximum Gasteiger partial charge on any atom is 0.261 e. The Morgan fingerprint density at radius 3 is 2.73 bits per heavy atom. The maximum atomic E-state index is 13.1. The molecule has 0 aliphatic carbocycles. The highest BCUT2D eigenvalue weighted by Crippen LogP contribution is 2.36. The van der Waals surface area contributed by atoms with Gasteiger partial charge in [-0.3, -0.25) is 19.7 Å². The van der Waals surface area contributed by atoms with Crippen molar-refractivity contribution in [3.8, 4) is 11.4 Å². The van der Waals surface area contributed by atoms with Gasteiger partial charge in [-0.2, -0.15) is 0 Å². The van der Waals surface area contributed by atoms with Crippen molar-refractivity contribution in [1.29, 1.82) is 0 Å². The molecule has 2 atom stereocenters. The molecule has 0 amide bonds. The molecule has 1 fully saturated rings. The molecule has 1 aromatic carbocycles. The number of rotatable bonds is 3. The largest absolute Gasteiger partial charge is 0.344 e. The average molecular weight is 398 g/mol. The zero-order valence-corrected chi connectivity index (χ0v) is 16.5. The summed E-state index contributed by atoms with van der Waals surface area (Å²) in [6.45, 7) is 3.65. The van der Waals surface area contributed by atoms with Crippen molar-refractivity contribution in [3.05, 3.63) is 76.7 Å². The smallest absolute Gasteiger partial charge is 0.261 e. The highest BCUT2D eigenvalue weighted by atomic mass is 16.1. The molecule has 2 aliphatic rings. The van der Waals surface area contributed by atoms with E-state index in [2.05, 4.69) is 43.0 Å². The van der Waals surface area contributed by atoms with Crippen LogP contribution in [0.3, 0.4) is 0 Å². The van der Waals surface area contributed by atoms with Crippen LogP contribution in [0.15, 0.2) is 59.9 Å². The third-order valence-corrected chi connectivity index (χ3v) is 6.37. The number of aromatic amines is 1. The lowest BCUT2D eigenvalue weighted by Crippen LogP contribution is -2.46. The fourth-order valence-corrected chi connectivity index (χ4v) is 5.13. The molecule has 0 spiro atoms. The van der Waals surface area contributed by atoms with E-state index in [0.29, 0.717) is 23.2 Å². The van der Waals surface area contributed by atoms with Crippen LogP contribution in [0, 0.1) is 5.92 Å². The van der Waals surface area contributed by atoms with Crippen LogP contribution in [-0.4, -0.2) is 42.5 Å². The first kappa shape index (κ1) is 17.5. The van der Waals surface area contributed by atoms with Crippen molar-refractivity contribution >= 4 is 11.0 Å². The molecule has 1 N–H and O–H groups in total. The highest BCUT2D eigenvalue weighted by Gasteiger charge is 2.35. The number of H-pyrrole nitrogens is 1. The summed E-state index contributed by atoms with van der Waals surface area (Å²) in [7, 11) is 0. The molecule has 2 bridgehead atoms. The number of benzene rings is 1. The van der Waals surface area contributed by atoms with Gasteiger partial charge in [0.2, 0.25) is 0 Å². The van der Waals surface area contributed by atoms with E-state index in [0.717, 1.165) is 49.3 Å². The van der Waals surface area contributed by atoms with Gasteiger partial charge in [0.1, 0.15) is 5.82 Å². The zero-order chi connectivity index (χ0) is 20.1. The van der Waals surface area contributed by atoms with Crippen molar-refractivity contribution < 1.29 is 0 Å². The number of nitrogens with zero attached hydrogens (tertiary/aromatic N) is 5. The van der Waals surface area contributed by atoms with Gasteiger partial charge in [-0.05, 0) is 42.2 Å². The minimum absolute atomic E-state index is 0.0682. The van der Waals surface area contributed by atoms with E-state index < -0.39 is 0 Å². The Balaban J connectivity index is 1.27. The zero-order valence-electron chi connectivity index (χ0n) is 16.5. The number of aromatic nitrogens is 5. The Hall–Kier alpha value is -3.32. The molecule has 3 aromatic heterocycles. The molecule has 150 valence electrons. The van der Waals surface area contributed by atoms with Crippen LogP contribution in [0.2, 0.25) is 0 Å². The Morgan fingerprint density at radius 1 is 0.967 bits per heavy atom. The van der Waals surface area contributed by atoms with E-state index in [1.165, 1.54) is 5.56 Å². The van der Waals surface area contributed by atoms with Crippen LogP contribution in [0.4, 0.5) is 0 Å². The Labute approximate surface area is 173 Å². The van der Waals surface area contributed by atoms with Gasteiger partial charge < -0.3 is 9.55 Å². The van der Waals surface area contributed by atoms with Crippen molar-refractivity contribution in [1.82, 2.24) is 29.4 Å². The van der Waals surface area contributed by atoms with E-state index in [1.807, 2.05) is 16.7 Å². The number of pyridine rings is 1. The predicted octanol–water partition coefficient (Wildman–Crippen LogP) is 2.80. The van der Waals surface area contributed by atoms with E-state index >= 15 is 0 Å². The number of hydrogen-bond acceptors (Lipinski definition) is 5. The SMILES string of the molecule is O=c1c(-c2ncc[nH]2)ccc2n1C[C@H]1C[C@@H]2CN(Cc2ccc3nccnc3c2)C1. The molecule has 2 aliphatic heterocycles. The fourth-order valence-electron chi connectivity index (χ4n) is 5.13. The Bertz CT molecular complexity index is 1280. The van der Waals surface area contributed by atoms with Crippen LogP contribution in [0.1, 0.15) is 23.6 Å². The van der Waals surface area contributed by atoms with Gasteiger partial charge in [0.25, 0.3) is 5.56 Å². The van der Waals surface area contributed by atoms with E-state index in [9.17, 15) is 4.79 Å². The standard InChI is InChI=1S/C23H22N6O/c30-23-18(22-26-7-8-27-22)2-4-21-17-9-16(13-29(21)23)12-28(14-17)11-15-1-3-19-20(10-15)25-6-5-24-19/h1-8,10,16-17H,9,11-14H2,(H,26,27)/t16-,17+/m0/s1. The van der Waals surface area contributed by atoms with Crippen LogP contribution < -0.4 is 5.56 Å². The van der Waals surface area contributed by atoms with Gasteiger partial charge in [0.05, 0.1) is 16.6 Å². The second-order valence-electron chi connectivity index (χ2n) is 8.40. The molecule has 4 aromatic rings. The van der Waals surface area contributed by atoms with Gasteiger partial charge in [-0.15, -0.1) is 0 Å². The number of piperidine rings is 1. The van der Waals surface area contributed by atoms with Gasteiger partial charge in [-0.1, -0.05) is 6.07 Å². The molecule has 5 heterocycles. The van der Waals surface area contributed by atoms with Gasteiger partial charge in [0.15, 0.2) is 0 Å². The van der Waals surface area contributed by atoms with Gasteiger partial charge in [-0.25, -0.2) is 4.98 Å². The summed E-state index contributed by atoms with van der Waals surface area (Å²) >= 11 is 0. The highest BCUT2D eigenvalue weighted by molar-refractivity contribution is 5.74. The lowest BCUT2D eigenvalue weighted by molar-refractivity contribution is 0.114. The normalized spacial score (nSPS) is 20.9. The minimum atomic E-state index is 0.0682. The molecular weight excluding hydrogens is 376 g/mol. The van der Waals surface area contributed by atoms with Crippen LogP contribution in [-0.2, 0) is 13.1 Å². The summed E-state index contributed by atoms with van der Waals surface area (Å²) in [6.07, 6.45) is 8.06. The van der Waals surface area contributed by atoms with Crippen molar-refractivity contribution in [2.24, 2.45) is 5.92 Å². The first-order valence-electron chi connectivity index (χ1n) is 10.4. The number of fused-ring (bicyclic) bond motifs is 5. The molecule has 7 heteroatoms. The topological polar surface area (TPSA) is 79.7 Å². The molecule has 6 rings (SSSR count). The average Bonchev–Trinajstić information content (AvgIpc) is 3.29. The van der Waals surface area contributed by atoms with Crippen LogP contribution in [0.25, 0.3) is 22.4 Å². The summed E-state index contributed by atoms with van der Waals surface area (Å²) in [5.74, 6) is 1.52. The van der Waals surface area contributed by atoms with Crippen LogP contribution in [0.5, 0.6) is 0 Å². The Morgan fingerprint density at radius 2 is 1.87 bits per heavy atom. The maximum absolute atomic E-state index is 13.1. The molecule has 0 unspecified atom stereocenters. The lowest BCUT2D eigenvalue weighted by atomic mass is 9.82. The van der Waals surface area contributed by atoms with Crippen molar-refractivity contribution in [2.45, 2.75) is 25.4 Å². The fraction of sp³-hybridized carbons (Fsp3) is 0.304. The van der Waals surface area contributed by atoms with Gasteiger partial charge in [0, 0.05) is 62.6 Å². The van der Waals surface area contributed by atoms with E-state index in [4.69, 9.17) is 0 Å². The molecule has 30 heavy (non-hydrogen) atoms. The second kappa shape index (κ2) is 6.88. The number of likely N-dealkylation sites (tertiary alicyclic amines) is 1. The minimum Gasteiger partial charge on any atom is -0.344 e. The quantitative estimate of drug-likeness (QED) is 0.574. The number of nitrogens with one attached hydrogen (secondary N) is 1. The molecule has 1 saturated heterocycles. The molecule has 0 saturated carbocycles. The van der Waals surface area contributed by atoms with Crippen molar-refractivity contribution in [3.63, 3.8) is 0 Å². The van der Waals surface area contributed by atoms with E-state index in [-0.39, 0.29) is 5.56 Å². The summed E-state index contributed by atoms with van der Waals surface area (Å²) < 4.78 is 1.99. The number of imidazole rings is 1. The predicted molar refractivity (Wildman–Crippen MR) is 114 cm³/mol. The molecular formula is C23H22N6O. The van der Waals surface area contributed by atoms with E-state index in [1.54, 1.807) is 24.8 Å². The Kier molecular flexibility index (Phi) is 4.02. The second-order valence-corrected chi connectivity index (χ2v) is 8.40. The van der Waals surface area contributed by atoms with Gasteiger partial charge >= 0.3 is 0 Å². The summed E-state index contributed by atoms with van der Waals surface area (Å²) in [6, 6.07) is 10.4. The number of hydrogen-bond donors (Lipinski definition) is 1. The molecule has 7 nitrogen and oxygen atoms in total. The van der Waals surface area contributed by atoms with Crippen LogP contribution >= 0.6 is 0 Å². The summed E-state index contributed by atoms with van der Waals surface area (Å²) in [5, 5.41) is 0. The lowest BCUT2D eigenvalue weighted by Gasteiger charge is -2.43.